The Kier molecular flexibility index (Phi) is 5.42. The van der Waals surface area contributed by atoms with Gasteiger partial charge in [0.2, 0.25) is 5.91 Å². The number of halogens is 1. The Morgan fingerprint density at radius 2 is 1.95 bits per heavy atom. The average Bonchev–Trinajstić information content (AvgIpc) is 2.47. The highest BCUT2D eigenvalue weighted by Gasteiger charge is 2.32. The van der Waals surface area contributed by atoms with Crippen LogP contribution in [0, 0.1) is 5.92 Å². The van der Waals surface area contributed by atoms with Gasteiger partial charge < -0.3 is 10.0 Å². The Balaban J connectivity index is 2.13. The molecule has 1 amide bonds. The minimum atomic E-state index is -0.772. The predicted octanol–water partition coefficient (Wildman–Crippen LogP) is 2.27. The number of carboxylic acid groups (broad SMARTS) is 1. The van der Waals surface area contributed by atoms with E-state index < -0.39 is 12.0 Å². The smallest absolute Gasteiger partial charge is 0.306 e. The number of hydrogen-bond donors (Lipinski definition) is 1. The zero-order chi connectivity index (χ0) is 16.3. The van der Waals surface area contributed by atoms with E-state index in [1.807, 2.05) is 31.1 Å². The lowest BCUT2D eigenvalue weighted by molar-refractivity contribution is -0.147. The highest BCUT2D eigenvalue weighted by atomic mass is 35.5. The number of nitrogens with zero attached hydrogens (tertiary/aromatic N) is 2. The monoisotopic (exact) mass is 324 g/mol. The Morgan fingerprint density at radius 3 is 2.45 bits per heavy atom. The summed E-state index contributed by atoms with van der Waals surface area (Å²) < 4.78 is 0. The number of carbonyl (C=O) groups excluding carboxylic acids is 1. The van der Waals surface area contributed by atoms with Crippen LogP contribution in [0.2, 0.25) is 5.02 Å². The average molecular weight is 325 g/mol. The number of hydrogen-bond acceptors (Lipinski definition) is 3. The predicted molar refractivity (Wildman–Crippen MR) is 84.8 cm³/mol. The minimum absolute atomic E-state index is 0.00361. The van der Waals surface area contributed by atoms with Gasteiger partial charge in [-0.25, -0.2) is 0 Å². The third kappa shape index (κ3) is 3.78. The molecule has 1 aromatic rings. The third-order valence-corrected chi connectivity index (χ3v) is 4.31. The molecule has 6 heteroatoms. The summed E-state index contributed by atoms with van der Waals surface area (Å²) in [6.45, 7) is 0.974. The zero-order valence-corrected chi connectivity index (χ0v) is 13.6. The van der Waals surface area contributed by atoms with E-state index >= 15 is 0 Å². The second-order valence-corrected chi connectivity index (χ2v) is 6.30. The molecule has 1 fully saturated rings. The summed E-state index contributed by atoms with van der Waals surface area (Å²) >= 11 is 6.03. The van der Waals surface area contributed by atoms with E-state index in [9.17, 15) is 9.59 Å². The molecule has 0 aromatic heterocycles. The summed E-state index contributed by atoms with van der Waals surface area (Å²) in [6.07, 6.45) is 1.02. The highest BCUT2D eigenvalue weighted by molar-refractivity contribution is 6.30. The summed E-state index contributed by atoms with van der Waals surface area (Å²) in [6, 6.07) is 6.89. The number of benzene rings is 1. The molecule has 1 aliphatic rings. The van der Waals surface area contributed by atoms with Gasteiger partial charge in [0, 0.05) is 18.1 Å². The zero-order valence-electron chi connectivity index (χ0n) is 12.8. The Bertz CT molecular complexity index is 554. The second-order valence-electron chi connectivity index (χ2n) is 5.86. The maximum Gasteiger partial charge on any atom is 0.306 e. The number of likely N-dealkylation sites (tertiary alicyclic amines) is 1. The molecule has 0 radical (unpaired) electrons. The van der Waals surface area contributed by atoms with Crippen LogP contribution in [0.4, 0.5) is 0 Å². The lowest BCUT2D eigenvalue weighted by Gasteiger charge is -2.35. The molecule has 1 atom stereocenters. The lowest BCUT2D eigenvalue weighted by Crippen LogP contribution is -2.45. The van der Waals surface area contributed by atoms with Crippen molar-refractivity contribution in [2.75, 3.05) is 27.2 Å². The number of carbonyl (C=O) groups is 2. The molecule has 1 aliphatic heterocycles. The molecular weight excluding hydrogens is 304 g/mol. The number of piperidine rings is 1. The Hall–Kier alpha value is -1.59. The van der Waals surface area contributed by atoms with Crippen LogP contribution in [-0.4, -0.2) is 54.0 Å². The lowest BCUT2D eigenvalue weighted by atomic mass is 9.95. The summed E-state index contributed by atoms with van der Waals surface area (Å²) in [4.78, 5) is 27.4. The molecule has 1 N–H and O–H groups in total. The van der Waals surface area contributed by atoms with Crippen molar-refractivity contribution in [3.63, 3.8) is 0 Å². The molecule has 0 bridgehead atoms. The van der Waals surface area contributed by atoms with Crippen molar-refractivity contribution in [2.45, 2.75) is 18.9 Å². The van der Waals surface area contributed by atoms with Crippen molar-refractivity contribution >= 4 is 23.5 Å². The van der Waals surface area contributed by atoms with Crippen LogP contribution in [-0.2, 0) is 9.59 Å². The first-order valence-electron chi connectivity index (χ1n) is 7.33. The van der Waals surface area contributed by atoms with Crippen molar-refractivity contribution in [3.05, 3.63) is 34.9 Å². The van der Waals surface area contributed by atoms with Crippen LogP contribution in [0.3, 0.4) is 0 Å². The molecule has 22 heavy (non-hydrogen) atoms. The number of likely N-dealkylation sites (N-methyl/N-ethyl adjacent to an activating group) is 1. The normalized spacial score (nSPS) is 17.5. The Labute approximate surface area is 135 Å². The van der Waals surface area contributed by atoms with E-state index in [1.54, 1.807) is 17.0 Å². The maximum absolute atomic E-state index is 12.8. The van der Waals surface area contributed by atoms with Gasteiger partial charge >= 0.3 is 5.97 Å². The number of carboxylic acids is 1. The molecule has 1 saturated heterocycles. The molecule has 0 aliphatic carbocycles. The van der Waals surface area contributed by atoms with Crippen LogP contribution in [0.15, 0.2) is 24.3 Å². The summed E-state index contributed by atoms with van der Waals surface area (Å²) in [5, 5.41) is 9.64. The van der Waals surface area contributed by atoms with Gasteiger partial charge in [0.25, 0.3) is 0 Å². The number of aliphatic carboxylic acids is 1. The van der Waals surface area contributed by atoms with Gasteiger partial charge in [0.15, 0.2) is 0 Å². The van der Waals surface area contributed by atoms with Gasteiger partial charge in [-0.3, -0.25) is 14.5 Å². The van der Waals surface area contributed by atoms with Gasteiger partial charge in [-0.2, -0.15) is 0 Å². The van der Waals surface area contributed by atoms with Crippen molar-refractivity contribution in [2.24, 2.45) is 5.92 Å². The van der Waals surface area contributed by atoms with Crippen LogP contribution in [0.1, 0.15) is 24.4 Å². The molecule has 0 spiro atoms. The van der Waals surface area contributed by atoms with E-state index in [0.29, 0.717) is 31.0 Å². The second kappa shape index (κ2) is 7.11. The first-order chi connectivity index (χ1) is 10.4. The van der Waals surface area contributed by atoms with Gasteiger partial charge in [-0.05, 0) is 44.6 Å². The van der Waals surface area contributed by atoms with E-state index in [2.05, 4.69) is 0 Å². The molecule has 1 unspecified atom stereocenters. The van der Waals surface area contributed by atoms with Crippen molar-refractivity contribution in [1.82, 2.24) is 9.80 Å². The van der Waals surface area contributed by atoms with E-state index in [4.69, 9.17) is 16.7 Å². The van der Waals surface area contributed by atoms with Gasteiger partial charge in [-0.1, -0.05) is 23.7 Å². The molecule has 120 valence electrons. The fourth-order valence-corrected chi connectivity index (χ4v) is 3.06. The summed E-state index contributed by atoms with van der Waals surface area (Å²) in [5.41, 5.74) is 0.850. The first-order valence-corrected chi connectivity index (χ1v) is 7.71. The van der Waals surface area contributed by atoms with Crippen LogP contribution in [0.5, 0.6) is 0 Å². The minimum Gasteiger partial charge on any atom is -0.481 e. The molecule has 0 saturated carbocycles. The molecule has 1 heterocycles. The molecule has 5 nitrogen and oxygen atoms in total. The Morgan fingerprint density at radius 1 is 1.32 bits per heavy atom. The number of rotatable bonds is 4. The highest BCUT2D eigenvalue weighted by Crippen LogP contribution is 2.26. The fourth-order valence-electron chi connectivity index (χ4n) is 2.86. The largest absolute Gasteiger partial charge is 0.481 e. The van der Waals surface area contributed by atoms with Gasteiger partial charge in [0.1, 0.15) is 6.04 Å². The number of amides is 1. The maximum atomic E-state index is 12.8. The standard InChI is InChI=1S/C16H21ClN2O3/c1-18(2)14(12-4-3-5-13(17)10-12)15(20)19-8-6-11(7-9-19)16(21)22/h3-5,10-11,14H,6-9H2,1-2H3,(H,21,22). The quantitative estimate of drug-likeness (QED) is 0.923. The van der Waals surface area contributed by atoms with E-state index in [0.717, 1.165) is 5.56 Å². The van der Waals surface area contributed by atoms with Gasteiger partial charge in [0.05, 0.1) is 5.92 Å². The van der Waals surface area contributed by atoms with Crippen molar-refractivity contribution in [3.8, 4) is 0 Å². The van der Waals surface area contributed by atoms with E-state index in [1.165, 1.54) is 0 Å². The topological polar surface area (TPSA) is 60.9 Å². The molecule has 2 rings (SSSR count). The fraction of sp³-hybridized carbons (Fsp3) is 0.500. The van der Waals surface area contributed by atoms with Gasteiger partial charge in [-0.15, -0.1) is 0 Å². The summed E-state index contributed by atoms with van der Waals surface area (Å²) in [7, 11) is 3.71. The van der Waals surface area contributed by atoms with Crippen LogP contribution < -0.4 is 0 Å². The SMILES string of the molecule is CN(C)C(C(=O)N1CCC(C(=O)O)CC1)c1cccc(Cl)c1. The van der Waals surface area contributed by atoms with Crippen molar-refractivity contribution in [1.29, 1.82) is 0 Å². The molecule has 1 aromatic carbocycles. The molecular formula is C16H21ClN2O3. The summed E-state index contributed by atoms with van der Waals surface area (Å²) in [5.74, 6) is -1.12. The van der Waals surface area contributed by atoms with E-state index in [-0.39, 0.29) is 11.8 Å². The van der Waals surface area contributed by atoms with Crippen LogP contribution in [0.25, 0.3) is 0 Å². The van der Waals surface area contributed by atoms with Crippen LogP contribution >= 0.6 is 11.6 Å². The van der Waals surface area contributed by atoms with Crippen molar-refractivity contribution < 1.29 is 14.7 Å². The first kappa shape index (κ1) is 16.8. The third-order valence-electron chi connectivity index (χ3n) is 4.07.